The number of hydrogen-bond acceptors (Lipinski definition) is 3. The zero-order valence-electron chi connectivity index (χ0n) is 18.5. The lowest BCUT2D eigenvalue weighted by Gasteiger charge is -2.17. The first-order valence-corrected chi connectivity index (χ1v) is 10.9. The van der Waals surface area contributed by atoms with Crippen LogP contribution in [0.2, 0.25) is 0 Å². The summed E-state index contributed by atoms with van der Waals surface area (Å²) in [5.41, 5.74) is 4.33. The SMILES string of the molecule is CN(Cc1cn(-c2ccccc2)nc1-c1ccccc1)C(=O)CCNC(=O)c1ccccc1. The highest BCUT2D eigenvalue weighted by molar-refractivity contribution is 5.94. The highest BCUT2D eigenvalue weighted by Crippen LogP contribution is 2.24. The number of carbonyl (C=O) groups is 2. The Hall–Kier alpha value is -4.19. The van der Waals surface area contributed by atoms with Gasteiger partial charge in [-0.25, -0.2) is 4.68 Å². The number of nitrogens with zero attached hydrogens (tertiary/aromatic N) is 3. The van der Waals surface area contributed by atoms with Crippen molar-refractivity contribution in [3.05, 3.63) is 108 Å². The van der Waals surface area contributed by atoms with Crippen molar-refractivity contribution >= 4 is 11.8 Å². The normalized spacial score (nSPS) is 10.6. The van der Waals surface area contributed by atoms with Gasteiger partial charge >= 0.3 is 0 Å². The van der Waals surface area contributed by atoms with E-state index in [9.17, 15) is 9.59 Å². The maximum absolute atomic E-state index is 12.7. The maximum Gasteiger partial charge on any atom is 0.251 e. The molecule has 0 saturated heterocycles. The zero-order chi connectivity index (χ0) is 23.0. The first kappa shape index (κ1) is 22.0. The lowest BCUT2D eigenvalue weighted by molar-refractivity contribution is -0.130. The van der Waals surface area contributed by atoms with Gasteiger partial charge < -0.3 is 10.2 Å². The van der Waals surface area contributed by atoms with E-state index < -0.39 is 0 Å². The predicted molar refractivity (Wildman–Crippen MR) is 129 cm³/mol. The second-order valence-corrected chi connectivity index (χ2v) is 7.77. The molecule has 6 nitrogen and oxygen atoms in total. The molecule has 6 heteroatoms. The van der Waals surface area contributed by atoms with Crippen molar-refractivity contribution in [2.45, 2.75) is 13.0 Å². The molecule has 0 aliphatic heterocycles. The average molecular weight is 439 g/mol. The van der Waals surface area contributed by atoms with Crippen molar-refractivity contribution in [3.63, 3.8) is 0 Å². The first-order valence-electron chi connectivity index (χ1n) is 10.9. The summed E-state index contributed by atoms with van der Waals surface area (Å²) in [7, 11) is 1.77. The van der Waals surface area contributed by atoms with E-state index in [-0.39, 0.29) is 24.8 Å². The monoisotopic (exact) mass is 438 g/mol. The Kier molecular flexibility index (Phi) is 6.95. The van der Waals surface area contributed by atoms with Crippen LogP contribution in [0, 0.1) is 0 Å². The summed E-state index contributed by atoms with van der Waals surface area (Å²) in [4.78, 5) is 26.6. The summed E-state index contributed by atoms with van der Waals surface area (Å²) >= 11 is 0. The molecule has 0 aliphatic rings. The molecule has 0 atom stereocenters. The Morgan fingerprint density at radius 1 is 0.879 bits per heavy atom. The van der Waals surface area contributed by atoms with Crippen LogP contribution < -0.4 is 5.32 Å². The molecule has 2 amide bonds. The summed E-state index contributed by atoms with van der Waals surface area (Å²) in [5, 5.41) is 7.61. The minimum absolute atomic E-state index is 0.0464. The number of para-hydroxylation sites is 1. The number of aromatic nitrogens is 2. The van der Waals surface area contributed by atoms with E-state index in [0.29, 0.717) is 12.1 Å². The van der Waals surface area contributed by atoms with Gasteiger partial charge in [-0.2, -0.15) is 5.10 Å². The number of nitrogens with one attached hydrogen (secondary N) is 1. The molecule has 1 aromatic heterocycles. The van der Waals surface area contributed by atoms with Gasteiger partial charge in [0.2, 0.25) is 5.91 Å². The van der Waals surface area contributed by atoms with Crippen molar-refractivity contribution < 1.29 is 9.59 Å². The Bertz CT molecular complexity index is 1200. The van der Waals surface area contributed by atoms with Crippen molar-refractivity contribution in [1.29, 1.82) is 0 Å². The highest BCUT2D eigenvalue weighted by atomic mass is 16.2. The topological polar surface area (TPSA) is 67.2 Å². The van der Waals surface area contributed by atoms with Crippen LogP contribution >= 0.6 is 0 Å². The zero-order valence-corrected chi connectivity index (χ0v) is 18.5. The van der Waals surface area contributed by atoms with Crippen molar-refractivity contribution in [1.82, 2.24) is 20.0 Å². The van der Waals surface area contributed by atoms with Crippen LogP contribution in [0.5, 0.6) is 0 Å². The molecule has 0 bridgehead atoms. The summed E-state index contributed by atoms with van der Waals surface area (Å²) < 4.78 is 1.84. The van der Waals surface area contributed by atoms with E-state index >= 15 is 0 Å². The number of carbonyl (C=O) groups excluding carboxylic acids is 2. The van der Waals surface area contributed by atoms with Crippen molar-refractivity contribution in [3.8, 4) is 16.9 Å². The molecule has 0 aliphatic carbocycles. The molecule has 0 radical (unpaired) electrons. The van der Waals surface area contributed by atoms with Crippen LogP contribution in [0.4, 0.5) is 0 Å². The quantitative estimate of drug-likeness (QED) is 0.446. The molecule has 0 fully saturated rings. The van der Waals surface area contributed by atoms with Gasteiger partial charge in [0.05, 0.1) is 11.4 Å². The number of benzene rings is 3. The van der Waals surface area contributed by atoms with E-state index in [1.54, 1.807) is 24.1 Å². The molecular weight excluding hydrogens is 412 g/mol. The molecule has 3 aromatic carbocycles. The third kappa shape index (κ3) is 5.54. The highest BCUT2D eigenvalue weighted by Gasteiger charge is 2.17. The molecule has 1 N–H and O–H groups in total. The smallest absolute Gasteiger partial charge is 0.251 e. The van der Waals surface area contributed by atoms with E-state index in [1.807, 2.05) is 89.7 Å². The lowest BCUT2D eigenvalue weighted by atomic mass is 10.1. The molecule has 0 unspecified atom stereocenters. The maximum atomic E-state index is 12.7. The largest absolute Gasteiger partial charge is 0.352 e. The predicted octanol–water partition coefficient (Wildman–Crippen LogP) is 4.32. The summed E-state index contributed by atoms with van der Waals surface area (Å²) in [6.07, 6.45) is 2.20. The Morgan fingerprint density at radius 3 is 2.15 bits per heavy atom. The van der Waals surface area contributed by atoms with Crippen LogP contribution in [0.25, 0.3) is 16.9 Å². The Balaban J connectivity index is 1.44. The van der Waals surface area contributed by atoms with E-state index in [0.717, 1.165) is 22.5 Å². The molecule has 4 rings (SSSR count). The van der Waals surface area contributed by atoms with Gasteiger partial charge in [-0.1, -0.05) is 66.7 Å². The molecule has 4 aromatic rings. The Labute approximate surface area is 193 Å². The third-order valence-corrected chi connectivity index (χ3v) is 5.35. The molecule has 1 heterocycles. The van der Waals surface area contributed by atoms with E-state index in [4.69, 9.17) is 5.10 Å². The van der Waals surface area contributed by atoms with Gasteiger partial charge in [-0.15, -0.1) is 0 Å². The third-order valence-electron chi connectivity index (χ3n) is 5.35. The van der Waals surface area contributed by atoms with Gasteiger partial charge in [-0.05, 0) is 24.3 Å². The number of amides is 2. The molecule has 0 spiro atoms. The summed E-state index contributed by atoms with van der Waals surface area (Å²) in [6, 6.07) is 28.8. The summed E-state index contributed by atoms with van der Waals surface area (Å²) in [6.45, 7) is 0.703. The van der Waals surface area contributed by atoms with Crippen LogP contribution in [0.1, 0.15) is 22.3 Å². The average Bonchev–Trinajstić information content (AvgIpc) is 3.29. The van der Waals surface area contributed by atoms with Crippen molar-refractivity contribution in [2.75, 3.05) is 13.6 Å². The minimum atomic E-state index is -0.179. The Morgan fingerprint density at radius 2 is 1.48 bits per heavy atom. The van der Waals surface area contributed by atoms with Crippen LogP contribution in [0.15, 0.2) is 97.2 Å². The summed E-state index contributed by atoms with van der Waals surface area (Å²) in [5.74, 6) is -0.226. The van der Waals surface area contributed by atoms with Gasteiger partial charge in [0.15, 0.2) is 0 Å². The molecule has 166 valence electrons. The molecular formula is C27H26N4O2. The standard InChI is InChI=1S/C27H26N4O2/c1-30(25(32)17-18-28-27(33)22-13-7-3-8-14-22)19-23-20-31(24-15-9-4-10-16-24)29-26(23)21-11-5-2-6-12-21/h2-16,20H,17-19H2,1H3,(H,28,33). The fourth-order valence-electron chi connectivity index (χ4n) is 3.59. The van der Waals surface area contributed by atoms with E-state index in [1.165, 1.54) is 0 Å². The van der Waals surface area contributed by atoms with Crippen molar-refractivity contribution in [2.24, 2.45) is 0 Å². The molecule has 33 heavy (non-hydrogen) atoms. The van der Waals surface area contributed by atoms with Crippen LogP contribution in [0.3, 0.4) is 0 Å². The second-order valence-electron chi connectivity index (χ2n) is 7.77. The second kappa shape index (κ2) is 10.4. The lowest BCUT2D eigenvalue weighted by Crippen LogP contribution is -2.31. The fraction of sp³-hybridized carbons (Fsp3) is 0.148. The van der Waals surface area contributed by atoms with Gasteiger partial charge in [0.25, 0.3) is 5.91 Å². The van der Waals surface area contributed by atoms with Crippen LogP contribution in [-0.2, 0) is 11.3 Å². The number of rotatable bonds is 8. The van der Waals surface area contributed by atoms with Gasteiger partial charge in [0.1, 0.15) is 0 Å². The minimum Gasteiger partial charge on any atom is -0.352 e. The first-order chi connectivity index (χ1) is 16.1. The van der Waals surface area contributed by atoms with Crippen LogP contribution in [-0.4, -0.2) is 40.1 Å². The van der Waals surface area contributed by atoms with Gasteiger partial charge in [-0.3, -0.25) is 9.59 Å². The van der Waals surface area contributed by atoms with Gasteiger partial charge in [0, 0.05) is 49.4 Å². The fourth-order valence-corrected chi connectivity index (χ4v) is 3.59. The number of hydrogen-bond donors (Lipinski definition) is 1. The molecule has 0 saturated carbocycles. The van der Waals surface area contributed by atoms with E-state index in [2.05, 4.69) is 5.32 Å².